The van der Waals surface area contributed by atoms with Crippen molar-refractivity contribution < 1.29 is 9.53 Å². The van der Waals surface area contributed by atoms with Crippen LogP contribution in [-0.2, 0) is 4.74 Å². The molecule has 0 aliphatic heterocycles. The Kier molecular flexibility index (Phi) is 4.49. The van der Waals surface area contributed by atoms with Crippen LogP contribution in [0, 0.1) is 0 Å². The smallest absolute Gasteiger partial charge is 0.348 e. The first kappa shape index (κ1) is 13.2. The number of carbonyl (C=O) groups is 1. The fourth-order valence-electron chi connectivity index (χ4n) is 1.60. The Morgan fingerprint density at radius 1 is 1.44 bits per heavy atom. The Labute approximate surface area is 114 Å². The molecule has 0 saturated carbocycles. The molecule has 0 radical (unpaired) electrons. The molecular weight excluding hydrogens is 266 g/mol. The molecule has 0 fully saturated rings. The second-order valence-electron chi connectivity index (χ2n) is 3.89. The number of rotatable bonds is 5. The van der Waals surface area contributed by atoms with E-state index in [0.717, 1.165) is 22.3 Å². The summed E-state index contributed by atoms with van der Waals surface area (Å²) in [5.41, 5.74) is 6.42. The fraction of sp³-hybridized carbons (Fsp3) is 0.308. The monoisotopic (exact) mass is 281 g/mol. The highest BCUT2D eigenvalue weighted by Crippen LogP contribution is 2.27. The summed E-state index contributed by atoms with van der Waals surface area (Å²) in [7, 11) is 0. The van der Waals surface area contributed by atoms with Crippen molar-refractivity contribution in [1.29, 1.82) is 0 Å². The van der Waals surface area contributed by atoms with Gasteiger partial charge in [-0.05, 0) is 48.1 Å². The van der Waals surface area contributed by atoms with E-state index in [4.69, 9.17) is 10.5 Å². The molecule has 0 amide bonds. The maximum absolute atomic E-state index is 11.8. The van der Waals surface area contributed by atoms with E-state index in [9.17, 15) is 4.79 Å². The minimum absolute atomic E-state index is 0.240. The van der Waals surface area contributed by atoms with Gasteiger partial charge in [-0.2, -0.15) is 11.8 Å². The van der Waals surface area contributed by atoms with Gasteiger partial charge in [0.1, 0.15) is 4.88 Å². The summed E-state index contributed by atoms with van der Waals surface area (Å²) in [6, 6.07) is 7.48. The van der Waals surface area contributed by atoms with Gasteiger partial charge in [-0.3, -0.25) is 0 Å². The number of hydrogen-bond donors (Lipinski definition) is 1. The van der Waals surface area contributed by atoms with E-state index < -0.39 is 0 Å². The third-order valence-corrected chi connectivity index (χ3v) is 4.26. The summed E-state index contributed by atoms with van der Waals surface area (Å²) in [5, 5.41) is 0.996. The summed E-state index contributed by atoms with van der Waals surface area (Å²) < 4.78 is 6.27. The molecule has 2 rings (SSSR count). The Hall–Kier alpha value is -1.20. The lowest BCUT2D eigenvalue weighted by atomic mass is 10.2. The zero-order chi connectivity index (χ0) is 13.0. The van der Waals surface area contributed by atoms with Gasteiger partial charge in [-0.15, -0.1) is 11.3 Å². The van der Waals surface area contributed by atoms with Crippen LogP contribution in [0.3, 0.4) is 0 Å². The molecule has 0 aliphatic carbocycles. The first-order valence-electron chi connectivity index (χ1n) is 5.66. The van der Waals surface area contributed by atoms with Gasteiger partial charge in [-0.25, -0.2) is 4.79 Å². The molecular formula is C13H15NO2S2. The zero-order valence-corrected chi connectivity index (χ0v) is 11.8. The predicted molar refractivity (Wildman–Crippen MR) is 79.5 cm³/mol. The second kappa shape index (κ2) is 6.11. The molecule has 1 aromatic carbocycles. The number of thioether (sulfide) groups is 1. The van der Waals surface area contributed by atoms with Crippen LogP contribution >= 0.6 is 23.1 Å². The molecule has 0 aliphatic rings. The van der Waals surface area contributed by atoms with E-state index in [0.29, 0.717) is 17.2 Å². The Morgan fingerprint density at radius 2 is 2.28 bits per heavy atom. The van der Waals surface area contributed by atoms with Crippen LogP contribution < -0.4 is 5.73 Å². The number of anilines is 1. The van der Waals surface area contributed by atoms with Crippen molar-refractivity contribution in [1.82, 2.24) is 0 Å². The van der Waals surface area contributed by atoms with Gasteiger partial charge in [0.05, 0.1) is 6.61 Å². The number of carbonyl (C=O) groups excluding carboxylic acids is 1. The SMILES string of the molecule is CSCCCOC(=O)c1cc2cc(N)ccc2s1. The second-order valence-corrected chi connectivity index (χ2v) is 5.96. The van der Waals surface area contributed by atoms with Gasteiger partial charge in [0.15, 0.2) is 0 Å². The van der Waals surface area contributed by atoms with Crippen LogP contribution in [0.2, 0.25) is 0 Å². The highest BCUT2D eigenvalue weighted by Gasteiger charge is 2.11. The van der Waals surface area contributed by atoms with Crippen LogP contribution in [0.25, 0.3) is 10.1 Å². The lowest BCUT2D eigenvalue weighted by Crippen LogP contribution is -2.04. The van der Waals surface area contributed by atoms with E-state index in [1.807, 2.05) is 30.5 Å². The van der Waals surface area contributed by atoms with Crippen molar-refractivity contribution in [3.63, 3.8) is 0 Å². The third kappa shape index (κ3) is 3.17. The van der Waals surface area contributed by atoms with E-state index >= 15 is 0 Å². The van der Waals surface area contributed by atoms with Gasteiger partial charge < -0.3 is 10.5 Å². The van der Waals surface area contributed by atoms with E-state index in [2.05, 4.69) is 0 Å². The van der Waals surface area contributed by atoms with Crippen molar-refractivity contribution in [2.45, 2.75) is 6.42 Å². The Morgan fingerprint density at radius 3 is 3.06 bits per heavy atom. The maximum atomic E-state index is 11.8. The van der Waals surface area contributed by atoms with Crippen LogP contribution in [0.5, 0.6) is 0 Å². The van der Waals surface area contributed by atoms with E-state index in [1.54, 1.807) is 11.8 Å². The third-order valence-electron chi connectivity index (χ3n) is 2.47. The minimum atomic E-state index is -0.240. The summed E-state index contributed by atoms with van der Waals surface area (Å²) in [4.78, 5) is 12.5. The van der Waals surface area contributed by atoms with E-state index in [-0.39, 0.29) is 5.97 Å². The number of thiophene rings is 1. The zero-order valence-electron chi connectivity index (χ0n) is 10.1. The molecule has 5 heteroatoms. The number of esters is 1. The van der Waals surface area contributed by atoms with Crippen LogP contribution in [-0.4, -0.2) is 24.6 Å². The average Bonchev–Trinajstić information content (AvgIpc) is 2.77. The fourth-order valence-corrected chi connectivity index (χ4v) is 2.95. The molecule has 1 heterocycles. The van der Waals surface area contributed by atoms with Crippen LogP contribution in [0.1, 0.15) is 16.1 Å². The molecule has 3 nitrogen and oxygen atoms in total. The predicted octanol–water partition coefficient (Wildman–Crippen LogP) is 3.39. The maximum Gasteiger partial charge on any atom is 0.348 e. The molecule has 0 saturated heterocycles. The molecule has 0 spiro atoms. The van der Waals surface area contributed by atoms with Crippen LogP contribution in [0.15, 0.2) is 24.3 Å². The molecule has 18 heavy (non-hydrogen) atoms. The summed E-state index contributed by atoms with van der Waals surface area (Å²) in [6.07, 6.45) is 2.93. The van der Waals surface area contributed by atoms with Crippen molar-refractivity contribution in [3.05, 3.63) is 29.1 Å². The minimum Gasteiger partial charge on any atom is -0.461 e. The van der Waals surface area contributed by atoms with Gasteiger partial charge >= 0.3 is 5.97 Å². The summed E-state index contributed by atoms with van der Waals surface area (Å²) in [5.74, 6) is 0.770. The number of nitrogens with two attached hydrogens (primary N) is 1. The Bertz CT molecular complexity index is 551. The molecule has 1 aromatic heterocycles. The lowest BCUT2D eigenvalue weighted by molar-refractivity contribution is 0.0512. The highest BCUT2D eigenvalue weighted by atomic mass is 32.2. The number of fused-ring (bicyclic) bond motifs is 1. The normalized spacial score (nSPS) is 10.7. The first-order chi connectivity index (χ1) is 8.70. The molecule has 2 N–H and O–H groups in total. The largest absolute Gasteiger partial charge is 0.461 e. The van der Waals surface area contributed by atoms with Gasteiger partial charge in [-0.1, -0.05) is 0 Å². The molecule has 0 atom stereocenters. The first-order valence-corrected chi connectivity index (χ1v) is 7.87. The summed E-state index contributed by atoms with van der Waals surface area (Å²) in [6.45, 7) is 0.482. The molecule has 0 bridgehead atoms. The number of benzene rings is 1. The Balaban J connectivity index is 2.04. The average molecular weight is 281 g/mol. The number of nitrogen functional groups attached to an aromatic ring is 1. The van der Waals surface area contributed by atoms with Gasteiger partial charge in [0, 0.05) is 10.4 Å². The van der Waals surface area contributed by atoms with Crippen molar-refractivity contribution in [2.75, 3.05) is 24.3 Å². The van der Waals surface area contributed by atoms with Gasteiger partial charge in [0.25, 0.3) is 0 Å². The van der Waals surface area contributed by atoms with E-state index in [1.165, 1.54) is 11.3 Å². The van der Waals surface area contributed by atoms with Crippen molar-refractivity contribution in [2.24, 2.45) is 0 Å². The lowest BCUT2D eigenvalue weighted by Gasteiger charge is -2.01. The molecule has 2 aromatic rings. The molecule has 0 unspecified atom stereocenters. The standard InChI is InChI=1S/C13H15NO2S2/c1-17-6-2-5-16-13(15)12-8-9-7-10(14)3-4-11(9)18-12/h3-4,7-8H,2,5-6,14H2,1H3. The molecule has 96 valence electrons. The quantitative estimate of drug-likeness (QED) is 0.518. The number of ether oxygens (including phenoxy) is 1. The van der Waals surface area contributed by atoms with Crippen molar-refractivity contribution in [3.8, 4) is 0 Å². The van der Waals surface area contributed by atoms with Crippen molar-refractivity contribution >= 4 is 44.8 Å². The summed E-state index contributed by atoms with van der Waals surface area (Å²) >= 11 is 3.19. The highest BCUT2D eigenvalue weighted by molar-refractivity contribution is 7.98. The topological polar surface area (TPSA) is 52.3 Å². The number of hydrogen-bond acceptors (Lipinski definition) is 5. The van der Waals surface area contributed by atoms with Crippen LogP contribution in [0.4, 0.5) is 5.69 Å². The van der Waals surface area contributed by atoms with Gasteiger partial charge in [0.2, 0.25) is 0 Å².